The Kier molecular flexibility index (Phi) is 10.6. The lowest BCUT2D eigenvalue weighted by Crippen LogP contribution is -2.45. The van der Waals surface area contributed by atoms with Crippen LogP contribution in [0, 0.1) is 11.8 Å². The summed E-state index contributed by atoms with van der Waals surface area (Å²) in [4.78, 5) is 41.3. The second-order valence-electron chi connectivity index (χ2n) is 10.0. The van der Waals surface area contributed by atoms with E-state index in [4.69, 9.17) is 13.9 Å². The number of methoxy groups -OCH3 is 1. The maximum Gasteiger partial charge on any atom is 0.328 e. The smallest absolute Gasteiger partial charge is 0.328 e. The molecule has 1 unspecified atom stereocenters. The van der Waals surface area contributed by atoms with Crippen molar-refractivity contribution in [2.45, 2.75) is 59.4 Å². The van der Waals surface area contributed by atoms with Crippen molar-refractivity contribution in [3.05, 3.63) is 48.0 Å². The van der Waals surface area contributed by atoms with Gasteiger partial charge in [-0.25, -0.2) is 9.78 Å². The monoisotopic (exact) mass is 555 g/mol. The van der Waals surface area contributed by atoms with Crippen molar-refractivity contribution < 1.29 is 33.4 Å². The summed E-state index contributed by atoms with van der Waals surface area (Å²) >= 11 is 0. The van der Waals surface area contributed by atoms with Crippen LogP contribution in [-0.4, -0.2) is 63.9 Å². The van der Waals surface area contributed by atoms with Crippen LogP contribution >= 0.6 is 0 Å². The standard InChI is InChI=1S/C28H37N5O7/c1-7-39-28(37)23(16(4)5)31-25(35)22-14-29-26(40-22)18-10-8-9-17(12-18)19-13-20(33-32-19)24(34)30-21(11-15(2)3)27(36)38-6/h8-10,12-16,21,23-24,30,34H,7,11H2,1-6H3,(H,31,35)(H,32,33)/t21-,23-,24?/m0/s1. The molecule has 12 heteroatoms. The van der Waals surface area contributed by atoms with Gasteiger partial charge >= 0.3 is 11.9 Å². The van der Waals surface area contributed by atoms with Crippen LogP contribution in [0.2, 0.25) is 0 Å². The summed E-state index contributed by atoms with van der Waals surface area (Å²) in [6.07, 6.45) is 0.609. The highest BCUT2D eigenvalue weighted by Gasteiger charge is 2.28. The van der Waals surface area contributed by atoms with Gasteiger partial charge in [-0.3, -0.25) is 20.0 Å². The summed E-state index contributed by atoms with van der Waals surface area (Å²) < 4.78 is 15.6. The number of aromatic amines is 1. The molecule has 4 N–H and O–H groups in total. The zero-order chi connectivity index (χ0) is 29.4. The highest BCUT2D eigenvalue weighted by Crippen LogP contribution is 2.27. The van der Waals surface area contributed by atoms with Crippen molar-refractivity contribution in [3.63, 3.8) is 0 Å². The SMILES string of the molecule is CCOC(=O)[C@@H](NC(=O)c1cnc(-c2cccc(-c3cc(C(O)N[C@@H](CC(C)C)C(=O)OC)[nH]n3)c2)o1)C(C)C. The molecule has 0 saturated carbocycles. The first-order valence-electron chi connectivity index (χ1n) is 13.1. The summed E-state index contributed by atoms with van der Waals surface area (Å²) in [5, 5.41) is 23.3. The minimum Gasteiger partial charge on any atom is -0.468 e. The van der Waals surface area contributed by atoms with Gasteiger partial charge in [0.05, 0.1) is 31.3 Å². The molecule has 0 radical (unpaired) electrons. The Balaban J connectivity index is 1.74. The molecule has 0 spiro atoms. The van der Waals surface area contributed by atoms with E-state index in [-0.39, 0.29) is 30.1 Å². The van der Waals surface area contributed by atoms with Gasteiger partial charge in [0.1, 0.15) is 18.3 Å². The number of H-pyrrole nitrogens is 1. The normalized spacial score (nSPS) is 13.6. The summed E-state index contributed by atoms with van der Waals surface area (Å²) in [6.45, 7) is 9.46. The summed E-state index contributed by atoms with van der Waals surface area (Å²) in [5.74, 6) is -1.37. The number of hydrogen-bond acceptors (Lipinski definition) is 10. The number of nitrogens with one attached hydrogen (secondary N) is 3. The molecule has 0 fully saturated rings. The highest BCUT2D eigenvalue weighted by atomic mass is 16.5. The third-order valence-corrected chi connectivity index (χ3v) is 6.07. The number of aliphatic hydroxyl groups excluding tert-OH is 1. The number of carbonyl (C=O) groups is 3. The zero-order valence-corrected chi connectivity index (χ0v) is 23.6. The first-order valence-corrected chi connectivity index (χ1v) is 13.1. The van der Waals surface area contributed by atoms with Crippen LogP contribution < -0.4 is 10.6 Å². The van der Waals surface area contributed by atoms with Crippen molar-refractivity contribution in [2.75, 3.05) is 13.7 Å². The first-order chi connectivity index (χ1) is 19.0. The van der Waals surface area contributed by atoms with Gasteiger partial charge in [0.15, 0.2) is 0 Å². The van der Waals surface area contributed by atoms with Gasteiger partial charge in [0, 0.05) is 11.1 Å². The number of hydrogen-bond donors (Lipinski definition) is 4. The van der Waals surface area contributed by atoms with Gasteiger partial charge < -0.3 is 24.3 Å². The van der Waals surface area contributed by atoms with Crippen molar-refractivity contribution in [1.82, 2.24) is 25.8 Å². The lowest BCUT2D eigenvalue weighted by molar-refractivity contribution is -0.146. The molecular weight excluding hydrogens is 518 g/mol. The summed E-state index contributed by atoms with van der Waals surface area (Å²) in [7, 11) is 1.31. The molecule has 2 aromatic heterocycles. The quantitative estimate of drug-likeness (QED) is 0.181. The fourth-order valence-corrected chi connectivity index (χ4v) is 4.02. The molecule has 12 nitrogen and oxygen atoms in total. The van der Waals surface area contributed by atoms with Crippen LogP contribution in [0.4, 0.5) is 0 Å². The topological polar surface area (TPSA) is 169 Å². The Morgan fingerprint density at radius 2 is 1.82 bits per heavy atom. The van der Waals surface area contributed by atoms with E-state index in [1.54, 1.807) is 45.0 Å². The molecule has 3 atom stereocenters. The van der Waals surface area contributed by atoms with Crippen LogP contribution in [0.3, 0.4) is 0 Å². The maximum absolute atomic E-state index is 12.7. The number of aromatic nitrogens is 3. The highest BCUT2D eigenvalue weighted by molar-refractivity contribution is 5.94. The second-order valence-corrected chi connectivity index (χ2v) is 10.0. The molecule has 0 bridgehead atoms. The van der Waals surface area contributed by atoms with E-state index in [9.17, 15) is 19.5 Å². The molecule has 1 amide bonds. The number of ether oxygens (including phenoxy) is 2. The molecule has 0 aliphatic rings. The molecular formula is C28H37N5O7. The van der Waals surface area contributed by atoms with Gasteiger partial charge in [-0.15, -0.1) is 0 Å². The number of aliphatic hydroxyl groups is 1. The van der Waals surface area contributed by atoms with Gasteiger partial charge in [-0.2, -0.15) is 5.10 Å². The van der Waals surface area contributed by atoms with Crippen LogP contribution in [0.25, 0.3) is 22.7 Å². The molecule has 216 valence electrons. The van der Waals surface area contributed by atoms with Crippen LogP contribution in [0.1, 0.15) is 63.5 Å². The fourth-order valence-electron chi connectivity index (χ4n) is 4.02. The van der Waals surface area contributed by atoms with E-state index in [0.717, 1.165) is 0 Å². The minimum absolute atomic E-state index is 0.0480. The van der Waals surface area contributed by atoms with E-state index < -0.39 is 36.2 Å². The van der Waals surface area contributed by atoms with Crippen molar-refractivity contribution >= 4 is 17.8 Å². The van der Waals surface area contributed by atoms with Crippen LogP contribution in [0.15, 0.2) is 40.9 Å². The number of amides is 1. The van der Waals surface area contributed by atoms with Crippen LogP contribution in [-0.2, 0) is 19.1 Å². The number of esters is 2. The molecule has 1 aromatic carbocycles. The van der Waals surface area contributed by atoms with E-state index in [1.165, 1.54) is 13.3 Å². The van der Waals surface area contributed by atoms with Gasteiger partial charge in [-0.1, -0.05) is 39.8 Å². The van der Waals surface area contributed by atoms with Gasteiger partial charge in [-0.05, 0) is 43.4 Å². The Hall–Kier alpha value is -4.03. The molecule has 2 heterocycles. The van der Waals surface area contributed by atoms with E-state index in [0.29, 0.717) is 28.9 Å². The minimum atomic E-state index is -1.18. The number of benzene rings is 1. The molecule has 0 saturated heterocycles. The lowest BCUT2D eigenvalue weighted by Gasteiger charge is -2.21. The first kappa shape index (κ1) is 30.5. The Morgan fingerprint density at radius 3 is 2.48 bits per heavy atom. The summed E-state index contributed by atoms with van der Waals surface area (Å²) in [5.41, 5.74) is 2.20. The second kappa shape index (κ2) is 13.9. The molecule has 3 aromatic rings. The Morgan fingerprint density at radius 1 is 1.10 bits per heavy atom. The number of rotatable bonds is 13. The Bertz CT molecular complexity index is 1300. The molecule has 40 heavy (non-hydrogen) atoms. The third-order valence-electron chi connectivity index (χ3n) is 6.07. The number of oxazole rings is 1. The third kappa shape index (κ3) is 7.76. The van der Waals surface area contributed by atoms with E-state index in [1.807, 2.05) is 19.9 Å². The number of nitrogens with zero attached hydrogens (tertiary/aromatic N) is 2. The Labute approximate surface area is 232 Å². The van der Waals surface area contributed by atoms with Crippen molar-refractivity contribution in [2.24, 2.45) is 11.8 Å². The van der Waals surface area contributed by atoms with Crippen molar-refractivity contribution in [1.29, 1.82) is 0 Å². The average molecular weight is 556 g/mol. The largest absolute Gasteiger partial charge is 0.468 e. The van der Waals surface area contributed by atoms with Gasteiger partial charge in [0.2, 0.25) is 11.7 Å². The average Bonchev–Trinajstić information content (AvgIpc) is 3.61. The number of carbonyl (C=O) groups excluding carboxylic acids is 3. The molecule has 0 aliphatic carbocycles. The lowest BCUT2D eigenvalue weighted by atomic mass is 10.0. The molecule has 0 aliphatic heterocycles. The fraction of sp³-hybridized carbons (Fsp3) is 0.464. The molecule has 3 rings (SSSR count). The maximum atomic E-state index is 12.7. The summed E-state index contributed by atoms with van der Waals surface area (Å²) in [6, 6.07) is 7.31. The predicted octanol–water partition coefficient (Wildman–Crippen LogP) is 3.22. The van der Waals surface area contributed by atoms with E-state index >= 15 is 0 Å². The predicted molar refractivity (Wildman–Crippen MR) is 146 cm³/mol. The zero-order valence-electron chi connectivity index (χ0n) is 23.6. The van der Waals surface area contributed by atoms with E-state index in [2.05, 4.69) is 25.8 Å². The van der Waals surface area contributed by atoms with Gasteiger partial charge in [0.25, 0.3) is 5.91 Å². The van der Waals surface area contributed by atoms with Crippen LogP contribution in [0.5, 0.6) is 0 Å². The van der Waals surface area contributed by atoms with Crippen molar-refractivity contribution in [3.8, 4) is 22.7 Å².